The van der Waals surface area contributed by atoms with Gasteiger partial charge in [0.25, 0.3) is 0 Å². The summed E-state index contributed by atoms with van der Waals surface area (Å²) in [5.41, 5.74) is 1.31. The van der Waals surface area contributed by atoms with E-state index in [1.165, 1.54) is 24.2 Å². The van der Waals surface area contributed by atoms with Crippen LogP contribution in [0.4, 0.5) is 16.3 Å². The summed E-state index contributed by atoms with van der Waals surface area (Å²) in [5, 5.41) is 22.9. The first-order valence-corrected chi connectivity index (χ1v) is 12.1. The van der Waals surface area contributed by atoms with Gasteiger partial charge in [-0.2, -0.15) is 0 Å². The predicted molar refractivity (Wildman–Crippen MR) is 129 cm³/mol. The molecule has 3 N–H and O–H groups in total. The maximum Gasteiger partial charge on any atom is 0.407 e. The van der Waals surface area contributed by atoms with E-state index < -0.39 is 6.09 Å². The van der Waals surface area contributed by atoms with Crippen LogP contribution in [-0.4, -0.2) is 64.4 Å². The van der Waals surface area contributed by atoms with Crippen molar-refractivity contribution in [1.29, 1.82) is 0 Å². The molecule has 0 spiro atoms. The molecule has 1 aliphatic heterocycles. The van der Waals surface area contributed by atoms with Crippen molar-refractivity contribution >= 4 is 46.0 Å². The zero-order valence-electron chi connectivity index (χ0n) is 18.7. The van der Waals surface area contributed by atoms with Crippen LogP contribution in [0.15, 0.2) is 24.3 Å². The average molecular weight is 475 g/mol. The molecule has 178 valence electrons. The Labute approximate surface area is 198 Å². The quantitative estimate of drug-likeness (QED) is 0.551. The molecule has 1 aliphatic carbocycles. The van der Waals surface area contributed by atoms with Gasteiger partial charge in [0.15, 0.2) is 0 Å². The van der Waals surface area contributed by atoms with Gasteiger partial charge in [0, 0.05) is 31.4 Å². The van der Waals surface area contributed by atoms with Gasteiger partial charge >= 0.3 is 6.09 Å². The summed E-state index contributed by atoms with van der Waals surface area (Å²) in [6, 6.07) is 7.19. The minimum Gasteiger partial charge on any atom is -0.465 e. The highest BCUT2D eigenvalue weighted by Crippen LogP contribution is 2.34. The fourth-order valence-corrected chi connectivity index (χ4v) is 5.27. The lowest BCUT2D eigenvalue weighted by Crippen LogP contribution is -2.42. The van der Waals surface area contributed by atoms with Crippen molar-refractivity contribution < 1.29 is 19.8 Å². The molecule has 0 radical (unpaired) electrons. The van der Waals surface area contributed by atoms with Crippen LogP contribution < -0.4 is 10.2 Å². The minimum atomic E-state index is -1.02. The molecule has 4 rings (SSSR count). The number of aliphatic hydroxyl groups is 1. The smallest absolute Gasteiger partial charge is 0.407 e. The molecule has 2 heterocycles. The second-order valence-corrected chi connectivity index (χ2v) is 9.41. The first kappa shape index (κ1) is 23.6. The Kier molecular flexibility index (Phi) is 7.55. The molecule has 1 aromatic heterocycles. The Morgan fingerprint density at radius 3 is 2.67 bits per heavy atom. The Balaban J connectivity index is 1.49. The third kappa shape index (κ3) is 5.50. The molecule has 2 fully saturated rings. The number of aromatic nitrogens is 1. The lowest BCUT2D eigenvalue weighted by atomic mass is 9.87. The van der Waals surface area contributed by atoms with Gasteiger partial charge in [-0.05, 0) is 49.4 Å². The monoisotopic (exact) mass is 474 g/mol. The number of halogens is 1. The van der Waals surface area contributed by atoms with Gasteiger partial charge in [-0.1, -0.05) is 30.9 Å². The van der Waals surface area contributed by atoms with Crippen LogP contribution in [0.25, 0.3) is 10.9 Å². The lowest BCUT2D eigenvalue weighted by Gasteiger charge is -2.26. The topological polar surface area (TPSA) is 106 Å². The van der Waals surface area contributed by atoms with Crippen LogP contribution >= 0.6 is 11.6 Å². The number of hydrogen-bond donors (Lipinski definition) is 3. The van der Waals surface area contributed by atoms with Gasteiger partial charge < -0.3 is 25.3 Å². The highest BCUT2D eigenvalue weighted by molar-refractivity contribution is 6.35. The zero-order valence-corrected chi connectivity index (χ0v) is 19.4. The van der Waals surface area contributed by atoms with Gasteiger partial charge in [0.05, 0.1) is 28.9 Å². The van der Waals surface area contributed by atoms with E-state index in [9.17, 15) is 19.8 Å². The molecule has 0 bridgehead atoms. The van der Waals surface area contributed by atoms with E-state index in [1.54, 1.807) is 6.07 Å². The molecule has 1 atom stereocenters. The second-order valence-electron chi connectivity index (χ2n) is 9.00. The number of carboxylic acid groups (broad SMARTS) is 1. The molecule has 1 saturated carbocycles. The summed E-state index contributed by atoms with van der Waals surface area (Å²) >= 11 is 6.44. The SMILES string of the molecule is O=C(CC1CCCCC1)Nc1c(Cl)ccc2nc(N3CCC(N(CCO)C(=O)O)C3)ccc12. The van der Waals surface area contributed by atoms with E-state index in [1.807, 2.05) is 23.1 Å². The summed E-state index contributed by atoms with van der Waals surface area (Å²) in [5.74, 6) is 1.18. The second kappa shape index (κ2) is 10.6. The van der Waals surface area contributed by atoms with Crippen molar-refractivity contribution in [3.8, 4) is 0 Å². The number of aliphatic hydroxyl groups excluding tert-OH is 1. The summed E-state index contributed by atoms with van der Waals surface area (Å²) in [6.45, 7) is 1.09. The van der Waals surface area contributed by atoms with Crippen LogP contribution in [0, 0.1) is 5.92 Å². The first-order chi connectivity index (χ1) is 16.0. The highest BCUT2D eigenvalue weighted by Gasteiger charge is 2.31. The lowest BCUT2D eigenvalue weighted by molar-refractivity contribution is -0.117. The van der Waals surface area contributed by atoms with Crippen LogP contribution in [0.5, 0.6) is 0 Å². The third-order valence-electron chi connectivity index (χ3n) is 6.78. The summed E-state index contributed by atoms with van der Waals surface area (Å²) in [4.78, 5) is 32.3. The van der Waals surface area contributed by atoms with Crippen molar-refractivity contribution in [1.82, 2.24) is 9.88 Å². The van der Waals surface area contributed by atoms with Crippen molar-refractivity contribution in [2.24, 2.45) is 5.92 Å². The molecule has 1 saturated heterocycles. The number of fused-ring (bicyclic) bond motifs is 1. The Hall–Kier alpha value is -2.58. The van der Waals surface area contributed by atoms with Crippen molar-refractivity contribution in [2.75, 3.05) is 36.5 Å². The summed E-state index contributed by atoms with van der Waals surface area (Å²) < 4.78 is 0. The number of amides is 2. The van der Waals surface area contributed by atoms with E-state index in [0.717, 1.165) is 29.6 Å². The molecule has 2 aromatic rings. The molecular weight excluding hydrogens is 444 g/mol. The summed E-state index contributed by atoms with van der Waals surface area (Å²) in [6.07, 6.45) is 6.03. The Morgan fingerprint density at radius 1 is 1.15 bits per heavy atom. The molecule has 9 heteroatoms. The van der Waals surface area contributed by atoms with E-state index in [0.29, 0.717) is 42.6 Å². The maximum absolute atomic E-state index is 12.7. The number of hydrogen-bond acceptors (Lipinski definition) is 5. The molecule has 33 heavy (non-hydrogen) atoms. The number of anilines is 2. The third-order valence-corrected chi connectivity index (χ3v) is 7.10. The van der Waals surface area contributed by atoms with Crippen LogP contribution in [0.2, 0.25) is 5.02 Å². The summed E-state index contributed by atoms with van der Waals surface area (Å²) in [7, 11) is 0. The van der Waals surface area contributed by atoms with E-state index >= 15 is 0 Å². The number of carbonyl (C=O) groups excluding carboxylic acids is 1. The minimum absolute atomic E-state index is 0.0135. The highest BCUT2D eigenvalue weighted by atomic mass is 35.5. The maximum atomic E-state index is 12.7. The number of nitrogens with zero attached hydrogens (tertiary/aromatic N) is 3. The number of carbonyl (C=O) groups is 2. The van der Waals surface area contributed by atoms with Gasteiger partial charge in [0.1, 0.15) is 5.82 Å². The normalized spacial score (nSPS) is 19.1. The number of rotatable bonds is 7. The largest absolute Gasteiger partial charge is 0.465 e. The number of nitrogens with one attached hydrogen (secondary N) is 1. The molecule has 1 aromatic carbocycles. The average Bonchev–Trinajstić information content (AvgIpc) is 3.29. The van der Waals surface area contributed by atoms with Gasteiger partial charge in [-0.15, -0.1) is 0 Å². The van der Waals surface area contributed by atoms with E-state index in [4.69, 9.17) is 16.6 Å². The van der Waals surface area contributed by atoms with Crippen LogP contribution in [-0.2, 0) is 4.79 Å². The van der Waals surface area contributed by atoms with E-state index in [-0.39, 0.29) is 25.1 Å². The van der Waals surface area contributed by atoms with Crippen molar-refractivity contribution in [3.63, 3.8) is 0 Å². The molecular formula is C24H31ClN4O4. The van der Waals surface area contributed by atoms with Crippen molar-refractivity contribution in [3.05, 3.63) is 29.3 Å². The first-order valence-electron chi connectivity index (χ1n) is 11.7. The fourth-order valence-electron chi connectivity index (χ4n) is 5.06. The van der Waals surface area contributed by atoms with Crippen LogP contribution in [0.1, 0.15) is 44.9 Å². The molecule has 8 nitrogen and oxygen atoms in total. The number of benzene rings is 1. The fraction of sp³-hybridized carbons (Fsp3) is 0.542. The Bertz CT molecular complexity index is 1010. The van der Waals surface area contributed by atoms with Crippen molar-refractivity contribution in [2.45, 2.75) is 51.0 Å². The predicted octanol–water partition coefficient (Wildman–Crippen LogP) is 4.35. The Morgan fingerprint density at radius 2 is 1.94 bits per heavy atom. The molecule has 2 amide bonds. The van der Waals surface area contributed by atoms with Gasteiger partial charge in [0.2, 0.25) is 5.91 Å². The standard InChI is InChI=1S/C24H31ClN4O4/c25-19-7-8-20-18(23(19)27-22(31)14-16-4-2-1-3-5-16)6-9-21(26-20)28-11-10-17(15-28)29(12-13-30)24(32)33/h6-9,16-17,30H,1-5,10-15H2,(H,27,31)(H,32,33). The number of pyridine rings is 1. The van der Waals surface area contributed by atoms with Gasteiger partial charge in [-0.25, -0.2) is 9.78 Å². The molecule has 2 aliphatic rings. The van der Waals surface area contributed by atoms with Crippen LogP contribution in [0.3, 0.4) is 0 Å². The van der Waals surface area contributed by atoms with Gasteiger partial charge in [-0.3, -0.25) is 4.79 Å². The zero-order chi connectivity index (χ0) is 23.4. The molecule has 1 unspecified atom stereocenters. The van der Waals surface area contributed by atoms with E-state index in [2.05, 4.69) is 5.32 Å².